The van der Waals surface area contributed by atoms with Crippen molar-refractivity contribution in [1.29, 1.82) is 0 Å². The Hall–Kier alpha value is -2.70. The summed E-state index contributed by atoms with van der Waals surface area (Å²) in [6, 6.07) is 8.10. The van der Waals surface area contributed by atoms with Gasteiger partial charge < -0.3 is 5.73 Å². The fourth-order valence-electron chi connectivity index (χ4n) is 2.07. The molecular formula is C14H9F3N4. The Morgan fingerprint density at radius 3 is 2.52 bits per heavy atom. The maximum Gasteiger partial charge on any atom is 0.433 e. The van der Waals surface area contributed by atoms with Crippen LogP contribution in [0.25, 0.3) is 22.0 Å². The van der Waals surface area contributed by atoms with Gasteiger partial charge in [0.2, 0.25) is 5.95 Å². The number of hydrogen-bond donors (Lipinski definition) is 1. The molecule has 2 aromatic heterocycles. The normalized spacial score (nSPS) is 11.8. The standard InChI is InChI=1S/C14H9F3N4/c15-14(16,17)12-5-11(20-13(18)21-12)10-7-19-6-8-3-1-2-4-9(8)10/h1-7H,(H2,18,20,21). The molecule has 3 aromatic rings. The monoisotopic (exact) mass is 290 g/mol. The van der Waals surface area contributed by atoms with Crippen molar-refractivity contribution in [2.45, 2.75) is 6.18 Å². The topological polar surface area (TPSA) is 64.7 Å². The number of hydrogen-bond acceptors (Lipinski definition) is 4. The molecule has 0 aliphatic rings. The van der Waals surface area contributed by atoms with Crippen LogP contribution >= 0.6 is 0 Å². The number of nitrogens with two attached hydrogens (primary N) is 1. The number of nitrogens with zero attached hydrogens (tertiary/aromatic N) is 3. The van der Waals surface area contributed by atoms with Crippen molar-refractivity contribution in [1.82, 2.24) is 15.0 Å². The van der Waals surface area contributed by atoms with Crippen LogP contribution in [0.15, 0.2) is 42.7 Å². The zero-order valence-electron chi connectivity index (χ0n) is 10.6. The van der Waals surface area contributed by atoms with E-state index in [0.29, 0.717) is 5.56 Å². The van der Waals surface area contributed by atoms with Gasteiger partial charge in [-0.05, 0) is 11.5 Å². The van der Waals surface area contributed by atoms with Gasteiger partial charge in [-0.2, -0.15) is 13.2 Å². The number of fused-ring (bicyclic) bond motifs is 1. The van der Waals surface area contributed by atoms with E-state index in [9.17, 15) is 13.2 Å². The molecule has 0 aliphatic heterocycles. The molecule has 0 radical (unpaired) electrons. The molecule has 2 heterocycles. The maximum atomic E-state index is 12.8. The van der Waals surface area contributed by atoms with Gasteiger partial charge in [0.15, 0.2) is 5.69 Å². The van der Waals surface area contributed by atoms with Gasteiger partial charge in [0, 0.05) is 23.3 Å². The summed E-state index contributed by atoms with van der Waals surface area (Å²) in [5.74, 6) is -0.423. The number of halogens is 3. The van der Waals surface area contributed by atoms with Gasteiger partial charge in [0.25, 0.3) is 0 Å². The summed E-state index contributed by atoms with van der Waals surface area (Å²) in [5.41, 5.74) is 4.90. The molecule has 1 aromatic carbocycles. The lowest BCUT2D eigenvalue weighted by Crippen LogP contribution is -2.11. The number of benzene rings is 1. The molecule has 21 heavy (non-hydrogen) atoms. The Kier molecular flexibility index (Phi) is 2.97. The van der Waals surface area contributed by atoms with Gasteiger partial charge in [0.1, 0.15) is 0 Å². The summed E-state index contributed by atoms with van der Waals surface area (Å²) >= 11 is 0. The molecule has 106 valence electrons. The van der Waals surface area contributed by atoms with Crippen LogP contribution in [-0.4, -0.2) is 15.0 Å². The van der Waals surface area contributed by atoms with E-state index in [-0.39, 0.29) is 5.69 Å². The van der Waals surface area contributed by atoms with E-state index in [4.69, 9.17) is 5.73 Å². The van der Waals surface area contributed by atoms with Crippen molar-refractivity contribution in [3.05, 3.63) is 48.4 Å². The average Bonchev–Trinajstić information content (AvgIpc) is 2.45. The van der Waals surface area contributed by atoms with Crippen molar-refractivity contribution < 1.29 is 13.2 Å². The molecule has 4 nitrogen and oxygen atoms in total. The largest absolute Gasteiger partial charge is 0.433 e. The lowest BCUT2D eigenvalue weighted by Gasteiger charge is -2.10. The predicted molar refractivity (Wildman–Crippen MR) is 72.2 cm³/mol. The molecule has 0 amide bonds. The third-order valence-electron chi connectivity index (χ3n) is 2.98. The Labute approximate surface area is 117 Å². The van der Waals surface area contributed by atoms with E-state index in [1.165, 1.54) is 6.20 Å². The van der Waals surface area contributed by atoms with E-state index in [0.717, 1.165) is 16.8 Å². The highest BCUT2D eigenvalue weighted by Crippen LogP contribution is 2.32. The molecule has 0 unspecified atom stereocenters. The summed E-state index contributed by atoms with van der Waals surface area (Å²) in [4.78, 5) is 11.2. The lowest BCUT2D eigenvalue weighted by molar-refractivity contribution is -0.141. The molecular weight excluding hydrogens is 281 g/mol. The van der Waals surface area contributed by atoms with E-state index < -0.39 is 17.8 Å². The average molecular weight is 290 g/mol. The molecule has 0 aliphatic carbocycles. The number of nitrogen functional groups attached to an aromatic ring is 1. The molecule has 0 saturated heterocycles. The number of rotatable bonds is 1. The van der Waals surface area contributed by atoms with E-state index in [1.54, 1.807) is 18.3 Å². The third kappa shape index (κ3) is 2.49. The van der Waals surface area contributed by atoms with Gasteiger partial charge in [-0.15, -0.1) is 0 Å². The number of pyridine rings is 1. The van der Waals surface area contributed by atoms with Gasteiger partial charge in [0.05, 0.1) is 5.69 Å². The van der Waals surface area contributed by atoms with E-state index >= 15 is 0 Å². The van der Waals surface area contributed by atoms with Crippen molar-refractivity contribution in [3.8, 4) is 11.3 Å². The molecule has 0 bridgehead atoms. The molecule has 0 fully saturated rings. The number of anilines is 1. The molecule has 7 heteroatoms. The third-order valence-corrected chi connectivity index (χ3v) is 2.98. The molecule has 0 saturated carbocycles. The fraction of sp³-hybridized carbons (Fsp3) is 0.0714. The van der Waals surface area contributed by atoms with Crippen LogP contribution in [-0.2, 0) is 6.18 Å². The van der Waals surface area contributed by atoms with E-state index in [1.807, 2.05) is 12.1 Å². The first kappa shape index (κ1) is 13.3. The van der Waals surface area contributed by atoms with E-state index in [2.05, 4.69) is 15.0 Å². The zero-order chi connectivity index (χ0) is 15.0. The van der Waals surface area contributed by atoms with Crippen molar-refractivity contribution in [2.24, 2.45) is 0 Å². The number of aromatic nitrogens is 3. The Morgan fingerprint density at radius 2 is 1.76 bits per heavy atom. The first-order chi connectivity index (χ1) is 9.95. The van der Waals surface area contributed by atoms with Crippen LogP contribution in [0.3, 0.4) is 0 Å². The Bertz CT molecular complexity index is 809. The van der Waals surface area contributed by atoms with Crippen molar-refractivity contribution >= 4 is 16.7 Å². The van der Waals surface area contributed by atoms with Gasteiger partial charge >= 0.3 is 6.18 Å². The Balaban J connectivity index is 2.26. The van der Waals surface area contributed by atoms with Crippen molar-refractivity contribution in [3.63, 3.8) is 0 Å². The van der Waals surface area contributed by atoms with Crippen LogP contribution in [0.1, 0.15) is 5.69 Å². The summed E-state index contributed by atoms with van der Waals surface area (Å²) in [7, 11) is 0. The highest BCUT2D eigenvalue weighted by atomic mass is 19.4. The van der Waals surface area contributed by atoms with Gasteiger partial charge in [-0.1, -0.05) is 24.3 Å². The summed E-state index contributed by atoms with van der Waals surface area (Å²) in [6.07, 6.45) is -1.48. The molecule has 2 N–H and O–H groups in total. The van der Waals surface area contributed by atoms with Crippen LogP contribution in [0.2, 0.25) is 0 Å². The highest BCUT2D eigenvalue weighted by Gasteiger charge is 2.33. The fourth-order valence-corrected chi connectivity index (χ4v) is 2.07. The second-order valence-electron chi connectivity index (χ2n) is 4.40. The summed E-state index contributed by atoms with van der Waals surface area (Å²) in [6.45, 7) is 0. The molecule has 0 spiro atoms. The lowest BCUT2D eigenvalue weighted by atomic mass is 10.0. The Morgan fingerprint density at radius 1 is 1.00 bits per heavy atom. The maximum absolute atomic E-state index is 12.8. The first-order valence-corrected chi connectivity index (χ1v) is 6.00. The second-order valence-corrected chi connectivity index (χ2v) is 4.40. The minimum absolute atomic E-state index is 0.0964. The van der Waals surface area contributed by atoms with Crippen LogP contribution < -0.4 is 5.73 Å². The highest BCUT2D eigenvalue weighted by molar-refractivity contribution is 5.94. The smallest absolute Gasteiger partial charge is 0.368 e. The summed E-state index contributed by atoms with van der Waals surface area (Å²) in [5, 5.41) is 1.56. The summed E-state index contributed by atoms with van der Waals surface area (Å²) < 4.78 is 38.4. The first-order valence-electron chi connectivity index (χ1n) is 6.00. The van der Waals surface area contributed by atoms with Crippen molar-refractivity contribution in [2.75, 3.05) is 5.73 Å². The van der Waals surface area contributed by atoms with Gasteiger partial charge in [-0.3, -0.25) is 4.98 Å². The van der Waals surface area contributed by atoms with Crippen LogP contribution in [0, 0.1) is 0 Å². The predicted octanol–water partition coefficient (Wildman–Crippen LogP) is 3.29. The van der Waals surface area contributed by atoms with Crippen LogP contribution in [0.4, 0.5) is 19.1 Å². The number of alkyl halides is 3. The van der Waals surface area contributed by atoms with Crippen LogP contribution in [0.5, 0.6) is 0 Å². The quantitative estimate of drug-likeness (QED) is 0.747. The minimum atomic E-state index is -4.58. The van der Waals surface area contributed by atoms with Gasteiger partial charge in [-0.25, -0.2) is 9.97 Å². The molecule has 3 rings (SSSR count). The second kappa shape index (κ2) is 4.69. The minimum Gasteiger partial charge on any atom is -0.368 e. The SMILES string of the molecule is Nc1nc(-c2cncc3ccccc23)cc(C(F)(F)F)n1. The molecule has 0 atom stereocenters. The zero-order valence-corrected chi connectivity index (χ0v) is 10.6.